The van der Waals surface area contributed by atoms with Gasteiger partial charge in [-0.3, -0.25) is 19.6 Å². The summed E-state index contributed by atoms with van der Waals surface area (Å²) in [5, 5.41) is 15.6. The molecular weight excluding hydrogens is 277 g/mol. The predicted octanol–water partition coefficient (Wildman–Crippen LogP) is 1.65. The van der Waals surface area contributed by atoms with Crippen LogP contribution < -0.4 is 4.90 Å². The van der Waals surface area contributed by atoms with Crippen molar-refractivity contribution in [3.63, 3.8) is 0 Å². The first-order valence-corrected chi connectivity index (χ1v) is 6.38. The van der Waals surface area contributed by atoms with Gasteiger partial charge in [-0.1, -0.05) is 12.1 Å². The molecule has 3 rings (SSSR count). The molecule has 0 aliphatic carbocycles. The molecule has 2 N–H and O–H groups in total. The van der Waals surface area contributed by atoms with Gasteiger partial charge in [0.05, 0.1) is 12.1 Å². The Bertz CT molecular complexity index is 696. The van der Waals surface area contributed by atoms with Gasteiger partial charge in [-0.15, -0.1) is 0 Å². The van der Waals surface area contributed by atoms with Crippen molar-refractivity contribution in [1.82, 2.24) is 10.2 Å². The fourth-order valence-electron chi connectivity index (χ4n) is 2.41. The monoisotopic (exact) mass is 289 g/mol. The molecule has 1 amide bonds. The number of carbonyl (C=O) groups excluding carboxylic acids is 1. The van der Waals surface area contributed by atoms with Crippen molar-refractivity contribution in [3.05, 3.63) is 36.3 Å². The molecule has 0 bridgehead atoms. The first kappa shape index (κ1) is 13.3. The molecule has 2 heterocycles. The molecule has 1 aliphatic rings. The lowest BCUT2D eigenvalue weighted by Crippen LogP contribution is -2.26. The third-order valence-electron chi connectivity index (χ3n) is 3.52. The summed E-state index contributed by atoms with van der Waals surface area (Å²) in [6.45, 7) is 0.102. The quantitative estimate of drug-likeness (QED) is 0.899. The number of H-pyrrole nitrogens is 1. The number of carboxylic acid groups (broad SMARTS) is 1. The number of hydrogen-bond donors (Lipinski definition) is 2. The van der Waals surface area contributed by atoms with Gasteiger partial charge in [0.15, 0.2) is 0 Å². The molecule has 1 fully saturated rings. The van der Waals surface area contributed by atoms with Gasteiger partial charge < -0.3 is 5.11 Å². The molecule has 1 saturated heterocycles. The highest BCUT2D eigenvalue weighted by Gasteiger charge is 2.36. The van der Waals surface area contributed by atoms with E-state index in [1.807, 2.05) is 0 Å². The summed E-state index contributed by atoms with van der Waals surface area (Å²) in [5.74, 6) is -1.90. The Balaban J connectivity index is 1.94. The molecule has 1 unspecified atom stereocenters. The Labute approximate surface area is 119 Å². The van der Waals surface area contributed by atoms with E-state index in [9.17, 15) is 14.0 Å². The Hall–Kier alpha value is -2.70. The van der Waals surface area contributed by atoms with Crippen molar-refractivity contribution in [2.24, 2.45) is 5.92 Å². The highest BCUT2D eigenvalue weighted by molar-refractivity contribution is 6.01. The van der Waals surface area contributed by atoms with E-state index in [4.69, 9.17) is 5.11 Å². The minimum Gasteiger partial charge on any atom is -0.481 e. The van der Waals surface area contributed by atoms with Crippen LogP contribution in [0.3, 0.4) is 0 Å². The van der Waals surface area contributed by atoms with Crippen LogP contribution in [-0.4, -0.2) is 33.7 Å². The maximum absolute atomic E-state index is 13.0. The molecule has 21 heavy (non-hydrogen) atoms. The zero-order chi connectivity index (χ0) is 15.0. The maximum Gasteiger partial charge on any atom is 0.308 e. The van der Waals surface area contributed by atoms with Crippen molar-refractivity contribution in [2.75, 3.05) is 11.4 Å². The second-order valence-corrected chi connectivity index (χ2v) is 4.88. The Morgan fingerprint density at radius 1 is 1.38 bits per heavy atom. The van der Waals surface area contributed by atoms with Crippen LogP contribution in [0.1, 0.15) is 6.42 Å². The lowest BCUT2D eigenvalue weighted by atomic mass is 10.1. The first-order valence-electron chi connectivity index (χ1n) is 6.38. The number of aromatic nitrogens is 2. The van der Waals surface area contributed by atoms with Crippen molar-refractivity contribution >= 4 is 17.7 Å². The number of amides is 1. The van der Waals surface area contributed by atoms with E-state index >= 15 is 0 Å². The second-order valence-electron chi connectivity index (χ2n) is 4.88. The lowest BCUT2D eigenvalue weighted by molar-refractivity contribution is -0.141. The van der Waals surface area contributed by atoms with Crippen LogP contribution in [0.4, 0.5) is 10.2 Å². The van der Waals surface area contributed by atoms with E-state index in [-0.39, 0.29) is 24.7 Å². The van der Waals surface area contributed by atoms with E-state index < -0.39 is 11.9 Å². The molecule has 108 valence electrons. The van der Waals surface area contributed by atoms with Crippen molar-refractivity contribution in [3.8, 4) is 11.1 Å². The van der Waals surface area contributed by atoms with Crippen LogP contribution in [0, 0.1) is 11.7 Å². The SMILES string of the molecule is O=C(O)C1CC(=O)N(c2[nH]ncc2-c2ccc(F)cc2)C1. The van der Waals surface area contributed by atoms with Crippen LogP contribution in [0.15, 0.2) is 30.5 Å². The number of halogens is 1. The second kappa shape index (κ2) is 5.01. The zero-order valence-electron chi connectivity index (χ0n) is 10.9. The highest BCUT2D eigenvalue weighted by Crippen LogP contribution is 2.32. The van der Waals surface area contributed by atoms with Gasteiger partial charge in [0, 0.05) is 18.5 Å². The number of aliphatic carboxylic acids is 1. The van der Waals surface area contributed by atoms with Gasteiger partial charge in [0.25, 0.3) is 0 Å². The van der Waals surface area contributed by atoms with Gasteiger partial charge in [-0.25, -0.2) is 4.39 Å². The molecule has 7 heteroatoms. The summed E-state index contributed by atoms with van der Waals surface area (Å²) in [6.07, 6.45) is 1.50. The van der Waals surface area contributed by atoms with Gasteiger partial charge >= 0.3 is 5.97 Å². The molecular formula is C14H12FN3O3. The van der Waals surface area contributed by atoms with Gasteiger partial charge in [-0.05, 0) is 17.7 Å². The third kappa shape index (κ3) is 2.37. The Morgan fingerprint density at radius 2 is 2.10 bits per heavy atom. The van der Waals surface area contributed by atoms with Crippen molar-refractivity contribution < 1.29 is 19.1 Å². The van der Waals surface area contributed by atoms with Crippen LogP contribution in [0.5, 0.6) is 0 Å². The zero-order valence-corrected chi connectivity index (χ0v) is 10.9. The third-order valence-corrected chi connectivity index (χ3v) is 3.52. The topological polar surface area (TPSA) is 86.3 Å². The number of benzene rings is 1. The largest absolute Gasteiger partial charge is 0.481 e. The van der Waals surface area contributed by atoms with E-state index in [2.05, 4.69) is 10.2 Å². The molecule has 2 aromatic rings. The average Bonchev–Trinajstić information content (AvgIpc) is 3.05. The number of rotatable bonds is 3. The van der Waals surface area contributed by atoms with Crippen LogP contribution in [0.25, 0.3) is 11.1 Å². The van der Waals surface area contributed by atoms with Crippen LogP contribution in [-0.2, 0) is 9.59 Å². The summed E-state index contributed by atoms with van der Waals surface area (Å²) in [5.41, 5.74) is 1.33. The molecule has 1 aromatic carbocycles. The number of aromatic amines is 1. The Kier molecular flexibility index (Phi) is 3.17. The molecule has 6 nitrogen and oxygen atoms in total. The van der Waals surface area contributed by atoms with Gasteiger partial charge in [0.1, 0.15) is 11.6 Å². The van der Waals surface area contributed by atoms with Gasteiger partial charge in [-0.2, -0.15) is 5.10 Å². The number of carboxylic acids is 1. The lowest BCUT2D eigenvalue weighted by Gasteiger charge is -2.15. The smallest absolute Gasteiger partial charge is 0.308 e. The highest BCUT2D eigenvalue weighted by atomic mass is 19.1. The predicted molar refractivity (Wildman–Crippen MR) is 72.1 cm³/mol. The number of nitrogens with zero attached hydrogens (tertiary/aromatic N) is 2. The van der Waals surface area contributed by atoms with E-state index in [0.717, 1.165) is 0 Å². The van der Waals surface area contributed by atoms with Crippen LogP contribution in [0.2, 0.25) is 0 Å². The summed E-state index contributed by atoms with van der Waals surface area (Å²) in [7, 11) is 0. The molecule has 1 aliphatic heterocycles. The normalized spacial score (nSPS) is 18.2. The molecule has 1 atom stereocenters. The standard InChI is InChI=1S/C14H12FN3O3/c15-10-3-1-8(2-4-10)11-6-16-17-13(11)18-7-9(14(20)21)5-12(18)19/h1-4,6,9H,5,7H2,(H,16,17)(H,20,21). The minimum atomic E-state index is -0.992. The summed E-state index contributed by atoms with van der Waals surface area (Å²) in [6, 6.07) is 5.80. The molecule has 0 spiro atoms. The molecule has 1 aromatic heterocycles. The average molecular weight is 289 g/mol. The molecule has 0 saturated carbocycles. The van der Waals surface area contributed by atoms with Crippen LogP contribution >= 0.6 is 0 Å². The summed E-state index contributed by atoms with van der Waals surface area (Å²) >= 11 is 0. The summed E-state index contributed by atoms with van der Waals surface area (Å²) in [4.78, 5) is 24.4. The fraction of sp³-hybridized carbons (Fsp3) is 0.214. The molecule has 0 radical (unpaired) electrons. The first-order chi connectivity index (χ1) is 10.1. The van der Waals surface area contributed by atoms with E-state index in [1.54, 1.807) is 12.1 Å². The Morgan fingerprint density at radius 3 is 2.71 bits per heavy atom. The number of nitrogens with one attached hydrogen (secondary N) is 1. The fourth-order valence-corrected chi connectivity index (χ4v) is 2.41. The maximum atomic E-state index is 13.0. The number of carbonyl (C=O) groups is 2. The van der Waals surface area contributed by atoms with Gasteiger partial charge in [0.2, 0.25) is 5.91 Å². The van der Waals surface area contributed by atoms with Crippen molar-refractivity contribution in [1.29, 1.82) is 0 Å². The summed E-state index contributed by atoms with van der Waals surface area (Å²) < 4.78 is 13.0. The van der Waals surface area contributed by atoms with E-state index in [1.165, 1.54) is 23.2 Å². The number of anilines is 1. The number of hydrogen-bond acceptors (Lipinski definition) is 3. The van der Waals surface area contributed by atoms with E-state index in [0.29, 0.717) is 16.9 Å². The van der Waals surface area contributed by atoms with Crippen molar-refractivity contribution in [2.45, 2.75) is 6.42 Å². The minimum absolute atomic E-state index is 0.0305.